The highest BCUT2D eigenvalue weighted by Gasteiger charge is 2.20. The van der Waals surface area contributed by atoms with E-state index in [-0.39, 0.29) is 5.91 Å². The van der Waals surface area contributed by atoms with Gasteiger partial charge in [-0.1, -0.05) is 6.07 Å². The summed E-state index contributed by atoms with van der Waals surface area (Å²) < 4.78 is 1.92. The summed E-state index contributed by atoms with van der Waals surface area (Å²) in [4.78, 5) is 12.1. The summed E-state index contributed by atoms with van der Waals surface area (Å²) in [7, 11) is 0. The molecule has 0 aliphatic heterocycles. The number of aromatic nitrogens is 1. The minimum atomic E-state index is -0.874. The first-order chi connectivity index (χ1) is 9.02. The van der Waals surface area contributed by atoms with Gasteiger partial charge in [-0.2, -0.15) is 5.26 Å². The number of hydrogen-bond acceptors (Lipinski definition) is 2. The predicted molar refractivity (Wildman–Crippen MR) is 72.9 cm³/mol. The van der Waals surface area contributed by atoms with Gasteiger partial charge < -0.3 is 9.88 Å². The van der Waals surface area contributed by atoms with Crippen molar-refractivity contribution in [1.82, 2.24) is 9.88 Å². The Labute approximate surface area is 112 Å². The molecule has 0 fully saturated rings. The van der Waals surface area contributed by atoms with E-state index in [1.165, 1.54) is 0 Å². The molecule has 4 heteroatoms. The molecule has 0 radical (unpaired) electrons. The van der Waals surface area contributed by atoms with Crippen molar-refractivity contribution in [2.24, 2.45) is 0 Å². The molecule has 0 saturated heterocycles. The van der Waals surface area contributed by atoms with Crippen molar-refractivity contribution in [1.29, 1.82) is 5.26 Å². The Morgan fingerprint density at radius 1 is 1.26 bits per heavy atom. The number of hydrogen-bond donors (Lipinski definition) is 1. The van der Waals surface area contributed by atoms with Crippen LogP contribution >= 0.6 is 0 Å². The molecule has 1 heterocycles. The van der Waals surface area contributed by atoms with Crippen LogP contribution in [0.5, 0.6) is 0 Å². The van der Waals surface area contributed by atoms with Gasteiger partial charge in [0.05, 0.1) is 6.07 Å². The Bertz CT molecular complexity index is 621. The second-order valence-electron chi connectivity index (χ2n) is 4.83. The first-order valence-corrected chi connectivity index (χ1v) is 5.99. The summed E-state index contributed by atoms with van der Waals surface area (Å²) in [6, 6.07) is 13.2. The van der Waals surface area contributed by atoms with Crippen LogP contribution in [0.25, 0.3) is 5.69 Å². The van der Waals surface area contributed by atoms with Gasteiger partial charge in [-0.15, -0.1) is 0 Å². The quantitative estimate of drug-likeness (QED) is 0.913. The Balaban J connectivity index is 2.25. The van der Waals surface area contributed by atoms with E-state index >= 15 is 0 Å². The Morgan fingerprint density at radius 2 is 1.95 bits per heavy atom. The molecule has 96 valence electrons. The summed E-state index contributed by atoms with van der Waals surface area (Å²) in [6.45, 7) is 3.33. The second kappa shape index (κ2) is 4.99. The Kier molecular flexibility index (Phi) is 3.39. The highest BCUT2D eigenvalue weighted by atomic mass is 16.1. The lowest BCUT2D eigenvalue weighted by molar-refractivity contribution is 0.0929. The van der Waals surface area contributed by atoms with E-state index < -0.39 is 5.54 Å². The average Bonchev–Trinajstić information content (AvgIpc) is 2.92. The van der Waals surface area contributed by atoms with E-state index in [9.17, 15) is 4.79 Å². The molecule has 19 heavy (non-hydrogen) atoms. The maximum Gasteiger partial charge on any atom is 0.252 e. The van der Waals surface area contributed by atoms with Gasteiger partial charge in [0.15, 0.2) is 0 Å². The normalized spacial score (nSPS) is 10.8. The minimum Gasteiger partial charge on any atom is -0.334 e. The zero-order chi connectivity index (χ0) is 13.9. The summed E-state index contributed by atoms with van der Waals surface area (Å²) >= 11 is 0. The SMILES string of the molecule is CC(C)(C#N)NC(=O)c1cccc(-n2cccc2)c1. The van der Waals surface area contributed by atoms with Gasteiger partial charge in [0.25, 0.3) is 5.91 Å². The van der Waals surface area contributed by atoms with Crippen molar-refractivity contribution in [3.8, 4) is 11.8 Å². The fourth-order valence-corrected chi connectivity index (χ4v) is 1.70. The Morgan fingerprint density at radius 3 is 2.58 bits per heavy atom. The van der Waals surface area contributed by atoms with Gasteiger partial charge in [0.2, 0.25) is 0 Å². The van der Waals surface area contributed by atoms with Gasteiger partial charge in [-0.25, -0.2) is 0 Å². The highest BCUT2D eigenvalue weighted by Crippen LogP contribution is 2.12. The van der Waals surface area contributed by atoms with E-state index in [0.717, 1.165) is 5.69 Å². The molecule has 2 aromatic rings. The molecule has 4 nitrogen and oxygen atoms in total. The van der Waals surface area contributed by atoms with E-state index in [1.807, 2.05) is 47.3 Å². The number of carbonyl (C=O) groups is 1. The maximum absolute atomic E-state index is 12.1. The summed E-state index contributed by atoms with van der Waals surface area (Å²) in [5, 5.41) is 11.6. The number of nitrogens with one attached hydrogen (secondary N) is 1. The molecule has 0 bridgehead atoms. The molecule has 0 atom stereocenters. The molecule has 0 aliphatic carbocycles. The third kappa shape index (κ3) is 3.02. The van der Waals surface area contributed by atoms with Crippen LogP contribution in [0.15, 0.2) is 48.8 Å². The van der Waals surface area contributed by atoms with Crippen molar-refractivity contribution in [2.45, 2.75) is 19.4 Å². The average molecular weight is 253 g/mol. The van der Waals surface area contributed by atoms with Crippen LogP contribution in [-0.2, 0) is 0 Å². The first-order valence-electron chi connectivity index (χ1n) is 5.99. The van der Waals surface area contributed by atoms with E-state index in [4.69, 9.17) is 5.26 Å². The van der Waals surface area contributed by atoms with E-state index in [1.54, 1.807) is 26.0 Å². The first kappa shape index (κ1) is 12.9. The summed E-state index contributed by atoms with van der Waals surface area (Å²) in [5.41, 5.74) is 0.572. The number of nitrogens with zero attached hydrogens (tertiary/aromatic N) is 2. The van der Waals surface area contributed by atoms with E-state index in [2.05, 4.69) is 5.32 Å². The van der Waals surface area contributed by atoms with Crippen LogP contribution in [0.2, 0.25) is 0 Å². The molecule has 1 aromatic carbocycles. The number of rotatable bonds is 3. The van der Waals surface area contributed by atoms with Gasteiger partial charge in [0.1, 0.15) is 5.54 Å². The van der Waals surface area contributed by atoms with Gasteiger partial charge in [-0.3, -0.25) is 4.79 Å². The lowest BCUT2D eigenvalue weighted by Crippen LogP contribution is -2.42. The largest absolute Gasteiger partial charge is 0.334 e. The predicted octanol–water partition coefficient (Wildman–Crippen LogP) is 2.51. The molecule has 1 amide bonds. The van der Waals surface area contributed by atoms with Gasteiger partial charge in [0, 0.05) is 23.6 Å². The summed E-state index contributed by atoms with van der Waals surface area (Å²) in [5.74, 6) is -0.249. The van der Waals surface area contributed by atoms with E-state index in [0.29, 0.717) is 5.56 Å². The zero-order valence-corrected chi connectivity index (χ0v) is 10.9. The molecular formula is C15H15N3O. The van der Waals surface area contributed by atoms with Crippen molar-refractivity contribution in [3.63, 3.8) is 0 Å². The summed E-state index contributed by atoms with van der Waals surface area (Å²) in [6.07, 6.45) is 3.83. The van der Waals surface area contributed by atoms with Crippen molar-refractivity contribution >= 4 is 5.91 Å². The third-order valence-electron chi connectivity index (χ3n) is 2.72. The number of nitriles is 1. The number of carbonyl (C=O) groups excluding carboxylic acids is 1. The lowest BCUT2D eigenvalue weighted by atomic mass is 10.1. The topological polar surface area (TPSA) is 57.8 Å². The highest BCUT2D eigenvalue weighted by molar-refractivity contribution is 5.95. The minimum absolute atomic E-state index is 0.249. The number of benzene rings is 1. The molecule has 1 aromatic heterocycles. The molecule has 0 spiro atoms. The molecule has 0 saturated carbocycles. The fraction of sp³-hybridized carbons (Fsp3) is 0.200. The molecule has 0 unspecified atom stereocenters. The maximum atomic E-state index is 12.1. The van der Waals surface area contributed by atoms with Crippen molar-refractivity contribution < 1.29 is 4.79 Å². The lowest BCUT2D eigenvalue weighted by Gasteiger charge is -2.17. The number of amides is 1. The van der Waals surface area contributed by atoms with Crippen LogP contribution < -0.4 is 5.32 Å². The zero-order valence-electron chi connectivity index (χ0n) is 10.9. The molecule has 0 aliphatic rings. The standard InChI is InChI=1S/C15H15N3O/c1-15(2,11-16)17-14(19)12-6-5-7-13(10-12)18-8-3-4-9-18/h3-10H,1-2H3,(H,17,19). The van der Waals surface area contributed by atoms with Crippen LogP contribution in [0, 0.1) is 11.3 Å². The smallest absolute Gasteiger partial charge is 0.252 e. The monoisotopic (exact) mass is 253 g/mol. The second-order valence-corrected chi connectivity index (χ2v) is 4.83. The Hall–Kier alpha value is -2.54. The van der Waals surface area contributed by atoms with Gasteiger partial charge >= 0.3 is 0 Å². The van der Waals surface area contributed by atoms with Crippen LogP contribution in [-0.4, -0.2) is 16.0 Å². The molecular weight excluding hydrogens is 238 g/mol. The molecule has 2 rings (SSSR count). The van der Waals surface area contributed by atoms with Crippen molar-refractivity contribution in [3.05, 3.63) is 54.4 Å². The third-order valence-corrected chi connectivity index (χ3v) is 2.72. The van der Waals surface area contributed by atoms with Crippen molar-refractivity contribution in [2.75, 3.05) is 0 Å². The van der Waals surface area contributed by atoms with Gasteiger partial charge in [-0.05, 0) is 44.2 Å². The van der Waals surface area contributed by atoms with Crippen LogP contribution in [0.3, 0.4) is 0 Å². The fourth-order valence-electron chi connectivity index (χ4n) is 1.70. The van der Waals surface area contributed by atoms with Crippen LogP contribution in [0.1, 0.15) is 24.2 Å². The molecule has 1 N–H and O–H groups in total. The van der Waals surface area contributed by atoms with Crippen LogP contribution in [0.4, 0.5) is 0 Å².